The number of hydrogen-bond donors (Lipinski definition) is 2. The van der Waals surface area contributed by atoms with Gasteiger partial charge < -0.3 is 15.4 Å². The maximum absolute atomic E-state index is 12.9. The van der Waals surface area contributed by atoms with E-state index in [1.165, 1.54) is 18.2 Å². The van der Waals surface area contributed by atoms with Gasteiger partial charge in [-0.25, -0.2) is 4.39 Å². The number of likely N-dealkylation sites (N-methyl/N-ethyl adjacent to an activating group) is 1. The molecule has 4 nitrogen and oxygen atoms in total. The van der Waals surface area contributed by atoms with Crippen molar-refractivity contribution in [3.05, 3.63) is 29.0 Å². The van der Waals surface area contributed by atoms with Crippen LogP contribution in [-0.2, 0) is 4.79 Å². The van der Waals surface area contributed by atoms with Crippen LogP contribution in [0, 0.1) is 5.82 Å². The molecule has 7 heteroatoms. The first-order chi connectivity index (χ1) is 8.63. The first-order valence-corrected chi connectivity index (χ1v) is 6.06. The molecule has 1 amide bonds. The summed E-state index contributed by atoms with van der Waals surface area (Å²) in [6.45, 7) is 3.99. The van der Waals surface area contributed by atoms with Crippen LogP contribution in [0.3, 0.4) is 0 Å². The monoisotopic (exact) mass is 310 g/mol. The van der Waals surface area contributed by atoms with Crippen LogP contribution < -0.4 is 15.4 Å². The van der Waals surface area contributed by atoms with Crippen molar-refractivity contribution >= 4 is 29.9 Å². The van der Waals surface area contributed by atoms with Crippen LogP contribution >= 0.6 is 24.0 Å². The molecule has 0 spiro atoms. The maximum Gasteiger partial charge on any atom is 0.257 e. The number of benzene rings is 1. The fourth-order valence-electron chi connectivity index (χ4n) is 1.23. The lowest BCUT2D eigenvalue weighted by Gasteiger charge is -2.08. The minimum atomic E-state index is -0.515. The van der Waals surface area contributed by atoms with E-state index in [9.17, 15) is 9.18 Å². The molecule has 0 saturated heterocycles. The number of rotatable bonds is 7. The maximum atomic E-state index is 12.9. The Morgan fingerprint density at radius 1 is 1.42 bits per heavy atom. The van der Waals surface area contributed by atoms with Gasteiger partial charge in [0.05, 0.1) is 5.02 Å². The number of carbonyl (C=O) groups is 1. The largest absolute Gasteiger partial charge is 0.484 e. The van der Waals surface area contributed by atoms with Gasteiger partial charge >= 0.3 is 0 Å². The molecule has 0 bridgehead atoms. The predicted molar refractivity (Wildman–Crippen MR) is 75.7 cm³/mol. The van der Waals surface area contributed by atoms with Crippen molar-refractivity contribution < 1.29 is 13.9 Å². The Hall–Kier alpha value is -1.04. The number of hydrogen-bond acceptors (Lipinski definition) is 3. The summed E-state index contributed by atoms with van der Waals surface area (Å²) in [7, 11) is 0. The molecule has 0 heterocycles. The van der Waals surface area contributed by atoms with E-state index in [2.05, 4.69) is 10.6 Å². The van der Waals surface area contributed by atoms with Gasteiger partial charge in [-0.05, 0) is 18.7 Å². The Labute approximate surface area is 123 Å². The van der Waals surface area contributed by atoms with Crippen molar-refractivity contribution in [2.24, 2.45) is 0 Å². The van der Waals surface area contributed by atoms with Crippen LogP contribution in [0.5, 0.6) is 5.75 Å². The lowest BCUT2D eigenvalue weighted by molar-refractivity contribution is -0.123. The average Bonchev–Trinajstić information content (AvgIpc) is 2.36. The second kappa shape index (κ2) is 9.83. The van der Waals surface area contributed by atoms with Gasteiger partial charge in [0.15, 0.2) is 6.61 Å². The van der Waals surface area contributed by atoms with Gasteiger partial charge in [-0.1, -0.05) is 18.5 Å². The molecule has 0 unspecified atom stereocenters. The van der Waals surface area contributed by atoms with Gasteiger partial charge in [0.2, 0.25) is 0 Å². The summed E-state index contributed by atoms with van der Waals surface area (Å²) in [6, 6.07) is 3.96. The highest BCUT2D eigenvalue weighted by atomic mass is 35.5. The SMILES string of the molecule is CCNCCNC(=O)COc1ccc(F)c(Cl)c1.Cl. The average molecular weight is 311 g/mol. The number of halogens is 3. The Balaban J connectivity index is 0.00000324. The van der Waals surface area contributed by atoms with Crippen molar-refractivity contribution in [3.8, 4) is 5.75 Å². The number of nitrogens with one attached hydrogen (secondary N) is 2. The number of ether oxygens (including phenoxy) is 1. The van der Waals surface area contributed by atoms with Gasteiger partial charge in [-0.3, -0.25) is 4.79 Å². The Morgan fingerprint density at radius 3 is 2.79 bits per heavy atom. The van der Waals surface area contributed by atoms with Crippen LogP contribution in [-0.4, -0.2) is 32.1 Å². The van der Waals surface area contributed by atoms with Crippen LogP contribution in [0.4, 0.5) is 4.39 Å². The summed E-state index contributed by atoms with van der Waals surface area (Å²) in [4.78, 5) is 11.4. The third kappa shape index (κ3) is 7.20. The summed E-state index contributed by atoms with van der Waals surface area (Å²) < 4.78 is 18.0. The van der Waals surface area contributed by atoms with Crippen molar-refractivity contribution in [1.29, 1.82) is 0 Å². The van der Waals surface area contributed by atoms with Crippen molar-refractivity contribution in [1.82, 2.24) is 10.6 Å². The van der Waals surface area contributed by atoms with E-state index >= 15 is 0 Å². The molecule has 0 aliphatic rings. The second-order valence-corrected chi connectivity index (χ2v) is 3.98. The van der Waals surface area contributed by atoms with Crippen LogP contribution in [0.25, 0.3) is 0 Å². The molecule has 19 heavy (non-hydrogen) atoms. The van der Waals surface area contributed by atoms with E-state index in [-0.39, 0.29) is 29.9 Å². The van der Waals surface area contributed by atoms with Gasteiger partial charge in [0.1, 0.15) is 11.6 Å². The fraction of sp³-hybridized carbons (Fsp3) is 0.417. The summed E-state index contributed by atoms with van der Waals surface area (Å²) in [6.07, 6.45) is 0. The first-order valence-electron chi connectivity index (χ1n) is 5.68. The Morgan fingerprint density at radius 2 is 2.16 bits per heavy atom. The highest BCUT2D eigenvalue weighted by molar-refractivity contribution is 6.30. The molecule has 0 aliphatic carbocycles. The zero-order chi connectivity index (χ0) is 13.4. The summed E-state index contributed by atoms with van der Waals surface area (Å²) >= 11 is 5.58. The van der Waals surface area contributed by atoms with Gasteiger partial charge in [0, 0.05) is 19.2 Å². The molecule has 0 atom stereocenters. The van der Waals surface area contributed by atoms with Crippen molar-refractivity contribution in [2.45, 2.75) is 6.92 Å². The van der Waals surface area contributed by atoms with E-state index in [0.29, 0.717) is 18.8 Å². The summed E-state index contributed by atoms with van der Waals surface area (Å²) in [5, 5.41) is 5.73. The molecule has 1 aromatic rings. The summed E-state index contributed by atoms with van der Waals surface area (Å²) in [5.41, 5.74) is 0. The van der Waals surface area contributed by atoms with Crippen molar-refractivity contribution in [2.75, 3.05) is 26.2 Å². The topological polar surface area (TPSA) is 50.4 Å². The molecule has 1 aromatic carbocycles. The fourth-order valence-corrected chi connectivity index (χ4v) is 1.40. The molecule has 2 N–H and O–H groups in total. The minimum absolute atomic E-state index is 0. The number of carbonyl (C=O) groups excluding carboxylic acids is 1. The van der Waals surface area contributed by atoms with E-state index in [1.54, 1.807) is 0 Å². The zero-order valence-electron chi connectivity index (χ0n) is 10.5. The first kappa shape index (κ1) is 18.0. The lowest BCUT2D eigenvalue weighted by atomic mass is 10.3. The second-order valence-electron chi connectivity index (χ2n) is 3.57. The number of amides is 1. The molecule has 0 fully saturated rings. The van der Waals surface area contributed by atoms with Gasteiger partial charge in [0.25, 0.3) is 5.91 Å². The van der Waals surface area contributed by atoms with Gasteiger partial charge in [-0.2, -0.15) is 0 Å². The minimum Gasteiger partial charge on any atom is -0.484 e. The smallest absolute Gasteiger partial charge is 0.257 e. The Bertz CT molecular complexity index is 405. The van der Waals surface area contributed by atoms with E-state index < -0.39 is 5.82 Å². The lowest BCUT2D eigenvalue weighted by Crippen LogP contribution is -2.34. The highest BCUT2D eigenvalue weighted by Gasteiger charge is 2.04. The van der Waals surface area contributed by atoms with Crippen LogP contribution in [0.2, 0.25) is 5.02 Å². The molecule has 0 aliphatic heterocycles. The Kier molecular flexibility index (Phi) is 9.30. The highest BCUT2D eigenvalue weighted by Crippen LogP contribution is 2.20. The molecule has 0 aromatic heterocycles. The van der Waals surface area contributed by atoms with E-state index in [4.69, 9.17) is 16.3 Å². The third-order valence-corrected chi connectivity index (χ3v) is 2.42. The van der Waals surface area contributed by atoms with E-state index in [0.717, 1.165) is 6.54 Å². The van der Waals surface area contributed by atoms with Crippen LogP contribution in [0.15, 0.2) is 18.2 Å². The molecule has 108 valence electrons. The molecule has 0 radical (unpaired) electrons. The summed E-state index contributed by atoms with van der Waals surface area (Å²) in [5.74, 6) is -0.379. The van der Waals surface area contributed by atoms with E-state index in [1.807, 2.05) is 6.92 Å². The standard InChI is InChI=1S/C12H16ClFN2O2.ClH/c1-2-15-5-6-16-12(17)8-18-9-3-4-11(14)10(13)7-9;/h3-4,7,15H,2,5-6,8H2,1H3,(H,16,17);1H. The molecular weight excluding hydrogens is 294 g/mol. The quantitative estimate of drug-likeness (QED) is 0.757. The normalized spacial score (nSPS) is 9.63. The van der Waals surface area contributed by atoms with Crippen molar-refractivity contribution in [3.63, 3.8) is 0 Å². The third-order valence-electron chi connectivity index (χ3n) is 2.13. The predicted octanol–water partition coefficient (Wildman–Crippen LogP) is 2.01. The van der Waals surface area contributed by atoms with Gasteiger partial charge in [-0.15, -0.1) is 12.4 Å². The van der Waals surface area contributed by atoms with Crippen LogP contribution in [0.1, 0.15) is 6.92 Å². The zero-order valence-corrected chi connectivity index (χ0v) is 12.1. The molecule has 0 saturated carbocycles. The molecular formula is C12H17Cl2FN2O2. The molecule has 1 rings (SSSR count).